The molecule has 20 heavy (non-hydrogen) atoms. The van der Waals surface area contributed by atoms with Crippen molar-refractivity contribution in [3.63, 3.8) is 0 Å². The van der Waals surface area contributed by atoms with Gasteiger partial charge in [-0.05, 0) is 25.7 Å². The van der Waals surface area contributed by atoms with Gasteiger partial charge in [-0.15, -0.1) is 0 Å². The molecule has 114 valence electrons. The molecule has 0 amide bonds. The molecule has 0 aromatic rings. The largest absolute Gasteiger partial charge is 0.386 e. The summed E-state index contributed by atoms with van der Waals surface area (Å²) in [6.45, 7) is 8.91. The molecule has 0 aromatic heterocycles. The van der Waals surface area contributed by atoms with Gasteiger partial charge in [0.2, 0.25) is 0 Å². The predicted octanol–water partition coefficient (Wildman–Crippen LogP) is 2.03. The molecule has 0 fully saturated rings. The van der Waals surface area contributed by atoms with Crippen LogP contribution in [0.5, 0.6) is 0 Å². The number of unbranched alkanes of at least 4 members (excludes halogenated alkanes) is 1. The lowest BCUT2D eigenvalue weighted by Crippen LogP contribution is -2.16. The Bertz CT molecular complexity index is 489. The quantitative estimate of drug-likeness (QED) is 0.303. The lowest BCUT2D eigenvalue weighted by molar-refractivity contribution is -0.154. The molecule has 0 spiro atoms. The Morgan fingerprint density at radius 1 is 1.05 bits per heavy atom. The van der Waals surface area contributed by atoms with Gasteiger partial charge in [0.25, 0.3) is 10.1 Å². The summed E-state index contributed by atoms with van der Waals surface area (Å²) in [5, 5.41) is 0. The highest BCUT2D eigenvalue weighted by atomic mass is 32.2. The Hall–Kier alpha value is -1.47. The molecule has 0 unspecified atom stereocenters. The highest BCUT2D eigenvalue weighted by Gasteiger charge is 2.16. The molecular weight excluding hydrogens is 284 g/mol. The lowest BCUT2D eigenvalue weighted by atomic mass is 10.1. The van der Waals surface area contributed by atoms with Crippen LogP contribution in [0.15, 0.2) is 24.3 Å². The van der Waals surface area contributed by atoms with Crippen LogP contribution in [0.1, 0.15) is 39.0 Å². The van der Waals surface area contributed by atoms with E-state index < -0.39 is 27.8 Å². The van der Waals surface area contributed by atoms with Crippen molar-refractivity contribution in [3.8, 4) is 0 Å². The van der Waals surface area contributed by atoms with E-state index in [9.17, 15) is 18.0 Å². The molecule has 0 saturated carbocycles. The molecule has 0 aliphatic carbocycles. The number of ether oxygens (including phenoxy) is 1. The zero-order valence-electron chi connectivity index (χ0n) is 11.6. The van der Waals surface area contributed by atoms with Crippen molar-refractivity contribution in [2.45, 2.75) is 39.0 Å². The average molecular weight is 304 g/mol. The van der Waals surface area contributed by atoms with Crippen molar-refractivity contribution in [2.24, 2.45) is 0 Å². The Morgan fingerprint density at radius 3 is 1.90 bits per heavy atom. The van der Waals surface area contributed by atoms with Crippen LogP contribution in [0.25, 0.3) is 0 Å². The summed E-state index contributed by atoms with van der Waals surface area (Å²) in [7, 11) is -4.07. The molecule has 7 heteroatoms. The maximum Gasteiger partial charge on any atom is 0.341 e. The van der Waals surface area contributed by atoms with Gasteiger partial charge in [0.15, 0.2) is 0 Å². The summed E-state index contributed by atoms with van der Waals surface area (Å²) in [5.74, 6) is -2.17. The zero-order chi connectivity index (χ0) is 15.8. The molecule has 0 heterocycles. The van der Waals surface area contributed by atoms with Crippen LogP contribution in [0.2, 0.25) is 0 Å². The summed E-state index contributed by atoms with van der Waals surface area (Å²) in [6.07, 6.45) is 2.17. The van der Waals surface area contributed by atoms with Crippen LogP contribution < -0.4 is 0 Å². The minimum absolute atomic E-state index is 0.0212. The van der Waals surface area contributed by atoms with Crippen LogP contribution in [-0.4, -0.2) is 30.7 Å². The molecular formula is C13H20O6S. The first-order chi connectivity index (χ1) is 9.17. The monoisotopic (exact) mass is 304 g/mol. The minimum Gasteiger partial charge on any atom is -0.386 e. The number of carbonyl (C=O) groups is 2. The Labute approximate surface area is 119 Å². The second-order valence-electron chi connectivity index (χ2n) is 4.38. The van der Waals surface area contributed by atoms with Gasteiger partial charge >= 0.3 is 11.9 Å². The maximum absolute atomic E-state index is 11.5. The van der Waals surface area contributed by atoms with Gasteiger partial charge in [0.1, 0.15) is 0 Å². The fourth-order valence-corrected chi connectivity index (χ4v) is 1.80. The molecule has 0 saturated heterocycles. The van der Waals surface area contributed by atoms with Crippen LogP contribution in [0.3, 0.4) is 0 Å². The van der Waals surface area contributed by atoms with Gasteiger partial charge in [0, 0.05) is 11.1 Å². The third-order valence-corrected chi connectivity index (χ3v) is 3.28. The molecule has 1 N–H and O–H groups in total. The van der Waals surface area contributed by atoms with Gasteiger partial charge in [-0.1, -0.05) is 26.5 Å². The van der Waals surface area contributed by atoms with E-state index in [1.165, 1.54) is 0 Å². The SMILES string of the molecule is C=C(CCCC)C(=O)OC(=O)C(=C)CCCS(=O)(=O)O. The first-order valence-electron chi connectivity index (χ1n) is 6.24. The molecule has 0 rings (SSSR count). The number of carbonyl (C=O) groups excluding carboxylic acids is 2. The van der Waals surface area contributed by atoms with E-state index >= 15 is 0 Å². The van der Waals surface area contributed by atoms with E-state index in [4.69, 9.17) is 4.55 Å². The third kappa shape index (κ3) is 8.60. The van der Waals surface area contributed by atoms with Crippen molar-refractivity contribution < 1.29 is 27.3 Å². The normalized spacial score (nSPS) is 10.9. The lowest BCUT2D eigenvalue weighted by Gasteiger charge is -2.06. The number of hydrogen-bond donors (Lipinski definition) is 1. The van der Waals surface area contributed by atoms with Crippen molar-refractivity contribution >= 4 is 22.1 Å². The summed E-state index contributed by atoms with van der Waals surface area (Å²) in [5.41, 5.74) is 0.191. The van der Waals surface area contributed by atoms with E-state index in [1.54, 1.807) is 0 Å². The highest BCUT2D eigenvalue weighted by molar-refractivity contribution is 7.85. The van der Waals surface area contributed by atoms with Crippen molar-refractivity contribution in [3.05, 3.63) is 24.3 Å². The van der Waals surface area contributed by atoms with Crippen LogP contribution in [-0.2, 0) is 24.4 Å². The predicted molar refractivity (Wildman–Crippen MR) is 74.6 cm³/mol. The Kier molecular flexibility index (Phi) is 8.02. The first kappa shape index (κ1) is 18.5. The summed E-state index contributed by atoms with van der Waals surface area (Å²) in [4.78, 5) is 23.0. The van der Waals surface area contributed by atoms with E-state index in [2.05, 4.69) is 17.9 Å². The van der Waals surface area contributed by atoms with Crippen LogP contribution in [0, 0.1) is 0 Å². The van der Waals surface area contributed by atoms with E-state index in [1.807, 2.05) is 6.92 Å². The van der Waals surface area contributed by atoms with Crippen LogP contribution in [0.4, 0.5) is 0 Å². The fraction of sp³-hybridized carbons (Fsp3) is 0.538. The second kappa shape index (κ2) is 8.65. The van der Waals surface area contributed by atoms with Crippen LogP contribution >= 0.6 is 0 Å². The second-order valence-corrected chi connectivity index (χ2v) is 5.95. The average Bonchev–Trinajstić information content (AvgIpc) is 2.33. The summed E-state index contributed by atoms with van der Waals surface area (Å²) in [6, 6.07) is 0. The number of rotatable bonds is 9. The van der Waals surface area contributed by atoms with Gasteiger partial charge in [0.05, 0.1) is 5.75 Å². The molecule has 0 atom stereocenters. The van der Waals surface area contributed by atoms with Gasteiger partial charge < -0.3 is 4.74 Å². The van der Waals surface area contributed by atoms with Crippen molar-refractivity contribution in [1.29, 1.82) is 0 Å². The molecule has 0 aliphatic heterocycles. The molecule has 0 aromatic carbocycles. The summed E-state index contributed by atoms with van der Waals surface area (Å²) >= 11 is 0. The summed E-state index contributed by atoms with van der Waals surface area (Å²) < 4.78 is 34.1. The smallest absolute Gasteiger partial charge is 0.341 e. The van der Waals surface area contributed by atoms with E-state index in [0.717, 1.165) is 12.8 Å². The third-order valence-electron chi connectivity index (χ3n) is 2.48. The van der Waals surface area contributed by atoms with Gasteiger partial charge in [-0.2, -0.15) is 8.42 Å². The van der Waals surface area contributed by atoms with Crippen molar-refractivity contribution in [2.75, 3.05) is 5.75 Å². The number of hydrogen-bond acceptors (Lipinski definition) is 5. The first-order valence-corrected chi connectivity index (χ1v) is 7.85. The fourth-order valence-electron chi connectivity index (χ4n) is 1.29. The Morgan fingerprint density at radius 2 is 1.50 bits per heavy atom. The van der Waals surface area contributed by atoms with Crippen molar-refractivity contribution in [1.82, 2.24) is 0 Å². The van der Waals surface area contributed by atoms with Gasteiger partial charge in [-0.25, -0.2) is 9.59 Å². The standard InChI is InChI=1S/C13H20O6S/c1-4-5-7-10(2)12(14)19-13(15)11(3)8-6-9-20(16,17)18/h2-9H2,1H3,(H,16,17,18). The number of esters is 2. The molecule has 0 radical (unpaired) electrons. The Balaban J connectivity index is 4.16. The molecule has 6 nitrogen and oxygen atoms in total. The zero-order valence-corrected chi connectivity index (χ0v) is 12.4. The molecule has 0 bridgehead atoms. The van der Waals surface area contributed by atoms with Gasteiger partial charge in [-0.3, -0.25) is 4.55 Å². The molecule has 0 aliphatic rings. The van der Waals surface area contributed by atoms with E-state index in [0.29, 0.717) is 6.42 Å². The minimum atomic E-state index is -4.07. The topological polar surface area (TPSA) is 97.7 Å². The highest BCUT2D eigenvalue weighted by Crippen LogP contribution is 2.11. The van der Waals surface area contributed by atoms with E-state index in [-0.39, 0.29) is 24.0 Å². The maximum atomic E-state index is 11.5.